The van der Waals surface area contributed by atoms with Gasteiger partial charge in [0.2, 0.25) is 5.91 Å². The topological polar surface area (TPSA) is 79.5 Å². The Morgan fingerprint density at radius 1 is 1.62 bits per heavy atom. The van der Waals surface area contributed by atoms with Crippen LogP contribution in [0.3, 0.4) is 0 Å². The van der Waals surface area contributed by atoms with E-state index in [1.54, 1.807) is 23.2 Å². The third-order valence-electron chi connectivity index (χ3n) is 2.70. The van der Waals surface area contributed by atoms with Crippen LogP contribution >= 0.6 is 0 Å². The van der Waals surface area contributed by atoms with Crippen LogP contribution in [0, 0.1) is 0 Å². The van der Waals surface area contributed by atoms with Gasteiger partial charge in [-0.3, -0.25) is 9.78 Å². The lowest BCUT2D eigenvalue weighted by molar-refractivity contribution is -0.129. The fourth-order valence-corrected chi connectivity index (χ4v) is 1.78. The number of pyridine rings is 1. The minimum absolute atomic E-state index is 0.00817. The number of aliphatic hydroxyl groups excluding tert-OH is 1. The van der Waals surface area contributed by atoms with Crippen LogP contribution in [0.15, 0.2) is 18.3 Å². The molecule has 1 fully saturated rings. The van der Waals surface area contributed by atoms with E-state index < -0.39 is 0 Å². The highest BCUT2D eigenvalue weighted by atomic mass is 16.3. The zero-order valence-corrected chi connectivity index (χ0v) is 8.97. The summed E-state index contributed by atoms with van der Waals surface area (Å²) in [4.78, 5) is 17.5. The van der Waals surface area contributed by atoms with E-state index in [9.17, 15) is 9.90 Å². The third-order valence-corrected chi connectivity index (χ3v) is 2.70. The molecule has 2 rings (SSSR count). The van der Waals surface area contributed by atoms with Crippen molar-refractivity contribution >= 4 is 11.6 Å². The monoisotopic (exact) mass is 221 g/mol. The summed E-state index contributed by atoms with van der Waals surface area (Å²) in [6.45, 7) is 1.07. The second-order valence-electron chi connectivity index (χ2n) is 4.04. The molecule has 1 amide bonds. The Bertz CT molecular complexity index is 377. The van der Waals surface area contributed by atoms with Gasteiger partial charge in [0.1, 0.15) is 0 Å². The van der Waals surface area contributed by atoms with Gasteiger partial charge >= 0.3 is 0 Å². The standard InChI is InChI=1S/C11H15N3O2/c12-8-1-2-9(13-6-8)5-11(16)14-4-3-10(15)7-14/h1-2,6,10,15H,3-5,7,12H2/t10-/m1/s1. The molecule has 0 aromatic carbocycles. The predicted octanol–water partition coefficient (Wildman–Crippen LogP) is -0.201. The number of aliphatic hydroxyl groups is 1. The molecule has 1 aliphatic heterocycles. The van der Waals surface area contributed by atoms with Crippen molar-refractivity contribution in [2.45, 2.75) is 18.9 Å². The van der Waals surface area contributed by atoms with Gasteiger partial charge in [0.05, 0.1) is 24.4 Å². The zero-order valence-electron chi connectivity index (χ0n) is 8.97. The van der Waals surface area contributed by atoms with E-state index in [2.05, 4.69) is 4.98 Å². The van der Waals surface area contributed by atoms with Crippen molar-refractivity contribution in [2.24, 2.45) is 0 Å². The molecule has 1 saturated heterocycles. The van der Waals surface area contributed by atoms with Crippen LogP contribution in [-0.4, -0.2) is 40.1 Å². The summed E-state index contributed by atoms with van der Waals surface area (Å²) in [7, 11) is 0. The van der Waals surface area contributed by atoms with Gasteiger partial charge < -0.3 is 15.7 Å². The third kappa shape index (κ3) is 2.49. The number of amides is 1. The first kappa shape index (κ1) is 10.9. The molecule has 1 aromatic heterocycles. The fourth-order valence-electron chi connectivity index (χ4n) is 1.78. The summed E-state index contributed by atoms with van der Waals surface area (Å²) in [6.07, 6.45) is 2.11. The van der Waals surface area contributed by atoms with Crippen LogP contribution in [0.25, 0.3) is 0 Å². The number of aromatic nitrogens is 1. The Balaban J connectivity index is 1.94. The van der Waals surface area contributed by atoms with Crippen LogP contribution in [-0.2, 0) is 11.2 Å². The predicted molar refractivity (Wildman–Crippen MR) is 59.6 cm³/mol. The average Bonchev–Trinajstić information content (AvgIpc) is 2.68. The van der Waals surface area contributed by atoms with Crippen LogP contribution in [0.1, 0.15) is 12.1 Å². The number of likely N-dealkylation sites (tertiary alicyclic amines) is 1. The molecule has 1 aliphatic rings. The molecule has 0 saturated carbocycles. The van der Waals surface area contributed by atoms with Crippen molar-refractivity contribution in [1.82, 2.24) is 9.88 Å². The van der Waals surface area contributed by atoms with Crippen LogP contribution in [0.2, 0.25) is 0 Å². The number of nitrogen functional groups attached to an aromatic ring is 1. The fraction of sp³-hybridized carbons (Fsp3) is 0.455. The molecule has 5 nitrogen and oxygen atoms in total. The average molecular weight is 221 g/mol. The van der Waals surface area contributed by atoms with E-state index in [4.69, 9.17) is 5.73 Å². The summed E-state index contributed by atoms with van der Waals surface area (Å²) in [5.41, 5.74) is 6.81. The van der Waals surface area contributed by atoms with E-state index in [1.165, 1.54) is 0 Å². The Labute approximate surface area is 93.9 Å². The quantitative estimate of drug-likeness (QED) is 0.724. The number of β-amino-alcohol motifs (C(OH)–C–C–N with tert-alkyl or cyclic N) is 1. The van der Waals surface area contributed by atoms with Gasteiger partial charge in [0.15, 0.2) is 0 Å². The molecule has 86 valence electrons. The number of carbonyl (C=O) groups excluding carboxylic acids is 1. The Kier molecular flexibility index (Phi) is 3.05. The lowest BCUT2D eigenvalue weighted by Crippen LogP contribution is -2.31. The molecule has 0 radical (unpaired) electrons. The van der Waals surface area contributed by atoms with Gasteiger partial charge in [0.25, 0.3) is 0 Å². The second kappa shape index (κ2) is 4.49. The summed E-state index contributed by atoms with van der Waals surface area (Å²) < 4.78 is 0. The van der Waals surface area contributed by atoms with Gasteiger partial charge in [-0.2, -0.15) is 0 Å². The Morgan fingerprint density at radius 2 is 2.44 bits per heavy atom. The minimum Gasteiger partial charge on any atom is -0.397 e. The smallest absolute Gasteiger partial charge is 0.228 e. The maximum Gasteiger partial charge on any atom is 0.228 e. The molecular weight excluding hydrogens is 206 g/mol. The number of nitrogens with zero attached hydrogens (tertiary/aromatic N) is 2. The van der Waals surface area contributed by atoms with Crippen LogP contribution in [0.4, 0.5) is 5.69 Å². The zero-order chi connectivity index (χ0) is 11.5. The highest BCUT2D eigenvalue weighted by molar-refractivity contribution is 5.78. The van der Waals surface area contributed by atoms with E-state index in [-0.39, 0.29) is 18.4 Å². The van der Waals surface area contributed by atoms with Crippen molar-refractivity contribution in [3.8, 4) is 0 Å². The van der Waals surface area contributed by atoms with Gasteiger partial charge in [0, 0.05) is 18.8 Å². The molecule has 0 aliphatic carbocycles. The maximum absolute atomic E-state index is 11.8. The molecule has 16 heavy (non-hydrogen) atoms. The highest BCUT2D eigenvalue weighted by Crippen LogP contribution is 2.11. The second-order valence-corrected chi connectivity index (χ2v) is 4.04. The lowest BCUT2D eigenvalue weighted by atomic mass is 10.2. The Hall–Kier alpha value is -1.62. The van der Waals surface area contributed by atoms with Gasteiger partial charge in [-0.15, -0.1) is 0 Å². The first-order valence-corrected chi connectivity index (χ1v) is 5.31. The largest absolute Gasteiger partial charge is 0.397 e. The van der Waals surface area contributed by atoms with Gasteiger partial charge in [-0.05, 0) is 18.6 Å². The lowest BCUT2D eigenvalue weighted by Gasteiger charge is -2.14. The summed E-state index contributed by atoms with van der Waals surface area (Å²) in [6, 6.07) is 3.48. The van der Waals surface area contributed by atoms with Crippen molar-refractivity contribution in [1.29, 1.82) is 0 Å². The Morgan fingerprint density at radius 3 is 3.00 bits per heavy atom. The maximum atomic E-state index is 11.8. The van der Waals surface area contributed by atoms with E-state index in [0.29, 0.717) is 30.9 Å². The normalized spacial score (nSPS) is 20.1. The molecule has 2 heterocycles. The number of rotatable bonds is 2. The van der Waals surface area contributed by atoms with E-state index >= 15 is 0 Å². The van der Waals surface area contributed by atoms with Crippen molar-refractivity contribution < 1.29 is 9.90 Å². The molecule has 1 atom stereocenters. The highest BCUT2D eigenvalue weighted by Gasteiger charge is 2.24. The summed E-state index contributed by atoms with van der Waals surface area (Å²) >= 11 is 0. The first-order chi connectivity index (χ1) is 7.65. The molecule has 0 unspecified atom stereocenters. The summed E-state index contributed by atoms with van der Waals surface area (Å²) in [5, 5.41) is 9.32. The molecular formula is C11H15N3O2. The van der Waals surface area contributed by atoms with Crippen molar-refractivity contribution in [2.75, 3.05) is 18.8 Å². The molecule has 3 N–H and O–H groups in total. The number of nitrogens with two attached hydrogens (primary N) is 1. The van der Waals surface area contributed by atoms with Crippen LogP contribution < -0.4 is 5.73 Å². The van der Waals surface area contributed by atoms with Crippen molar-refractivity contribution in [3.05, 3.63) is 24.0 Å². The number of anilines is 1. The number of hydrogen-bond acceptors (Lipinski definition) is 4. The minimum atomic E-state index is -0.372. The van der Waals surface area contributed by atoms with Crippen LogP contribution in [0.5, 0.6) is 0 Å². The van der Waals surface area contributed by atoms with E-state index in [0.717, 1.165) is 0 Å². The molecule has 1 aromatic rings. The SMILES string of the molecule is Nc1ccc(CC(=O)N2CC[C@@H](O)C2)nc1. The molecule has 5 heteroatoms. The number of carbonyl (C=O) groups is 1. The molecule has 0 spiro atoms. The first-order valence-electron chi connectivity index (χ1n) is 5.31. The van der Waals surface area contributed by atoms with Gasteiger partial charge in [-0.1, -0.05) is 0 Å². The molecule has 0 bridgehead atoms. The van der Waals surface area contributed by atoms with E-state index in [1.807, 2.05) is 0 Å². The van der Waals surface area contributed by atoms with Crippen molar-refractivity contribution in [3.63, 3.8) is 0 Å². The summed E-state index contributed by atoms with van der Waals surface area (Å²) in [5.74, 6) is 0.00817. The number of hydrogen-bond donors (Lipinski definition) is 2. The van der Waals surface area contributed by atoms with Gasteiger partial charge in [-0.25, -0.2) is 0 Å².